The van der Waals surface area contributed by atoms with Gasteiger partial charge < -0.3 is 10.1 Å². The summed E-state index contributed by atoms with van der Waals surface area (Å²) >= 11 is 0. The number of aromatic nitrogens is 2. The zero-order chi connectivity index (χ0) is 14.3. The Balaban J connectivity index is 2.73. The number of nitrogens with zero attached hydrogens (tertiary/aromatic N) is 2. The van der Waals surface area contributed by atoms with Crippen molar-refractivity contribution in [2.45, 2.75) is 40.5 Å². The molecule has 108 valence electrons. The molecule has 4 heteroatoms. The molecule has 0 saturated heterocycles. The van der Waals surface area contributed by atoms with Gasteiger partial charge in [-0.1, -0.05) is 13.8 Å². The Labute approximate surface area is 117 Å². The molecule has 0 radical (unpaired) electrons. The SMILES string of the molecule is CCNCC(C)Cc1c(C)nc(CCOC)nc1C. The lowest BCUT2D eigenvalue weighted by atomic mass is 9.98. The standard InChI is InChI=1S/C15H27N3O/c1-6-16-10-11(2)9-14-12(3)17-15(7-8-19-5)18-13(14)4/h11,16H,6-10H2,1-5H3. The smallest absolute Gasteiger partial charge is 0.131 e. The zero-order valence-corrected chi connectivity index (χ0v) is 12.9. The maximum atomic E-state index is 5.08. The maximum Gasteiger partial charge on any atom is 0.131 e. The molecule has 1 aromatic rings. The van der Waals surface area contributed by atoms with E-state index < -0.39 is 0 Å². The quantitative estimate of drug-likeness (QED) is 0.781. The van der Waals surface area contributed by atoms with Crippen molar-refractivity contribution in [1.29, 1.82) is 0 Å². The minimum absolute atomic E-state index is 0.603. The third kappa shape index (κ3) is 5.25. The highest BCUT2D eigenvalue weighted by Gasteiger charge is 2.12. The van der Waals surface area contributed by atoms with E-state index in [2.05, 4.69) is 43.0 Å². The summed E-state index contributed by atoms with van der Waals surface area (Å²) in [6.07, 6.45) is 1.82. The third-order valence-corrected chi connectivity index (χ3v) is 3.29. The molecular formula is C15H27N3O. The molecule has 4 nitrogen and oxygen atoms in total. The molecular weight excluding hydrogens is 238 g/mol. The molecule has 0 aliphatic carbocycles. The van der Waals surface area contributed by atoms with Crippen molar-refractivity contribution in [3.63, 3.8) is 0 Å². The fourth-order valence-corrected chi connectivity index (χ4v) is 2.22. The second-order valence-electron chi connectivity index (χ2n) is 5.15. The summed E-state index contributed by atoms with van der Waals surface area (Å²) in [7, 11) is 1.70. The van der Waals surface area contributed by atoms with Crippen molar-refractivity contribution in [3.05, 3.63) is 22.8 Å². The topological polar surface area (TPSA) is 47.0 Å². The second-order valence-corrected chi connectivity index (χ2v) is 5.15. The van der Waals surface area contributed by atoms with Gasteiger partial charge in [-0.05, 0) is 44.8 Å². The summed E-state index contributed by atoms with van der Waals surface area (Å²) in [6, 6.07) is 0. The molecule has 1 rings (SSSR count). The van der Waals surface area contributed by atoms with Crippen LogP contribution in [0.2, 0.25) is 0 Å². The molecule has 1 heterocycles. The monoisotopic (exact) mass is 265 g/mol. The van der Waals surface area contributed by atoms with E-state index in [4.69, 9.17) is 4.74 Å². The van der Waals surface area contributed by atoms with Crippen molar-refractivity contribution >= 4 is 0 Å². The third-order valence-electron chi connectivity index (χ3n) is 3.29. The van der Waals surface area contributed by atoms with E-state index in [-0.39, 0.29) is 0 Å². The van der Waals surface area contributed by atoms with Crippen LogP contribution in [0.15, 0.2) is 0 Å². The Kier molecular flexibility index (Phi) is 6.95. The van der Waals surface area contributed by atoms with Crippen LogP contribution in [0.25, 0.3) is 0 Å². The highest BCUT2D eigenvalue weighted by molar-refractivity contribution is 5.25. The minimum atomic E-state index is 0.603. The average molecular weight is 265 g/mol. The lowest BCUT2D eigenvalue weighted by molar-refractivity contribution is 0.200. The van der Waals surface area contributed by atoms with Crippen LogP contribution >= 0.6 is 0 Å². The van der Waals surface area contributed by atoms with Gasteiger partial charge in [-0.3, -0.25) is 0 Å². The summed E-state index contributed by atoms with van der Waals surface area (Å²) in [5, 5.41) is 3.39. The number of methoxy groups -OCH3 is 1. The molecule has 0 bridgehead atoms. The van der Waals surface area contributed by atoms with Crippen molar-refractivity contribution < 1.29 is 4.74 Å². The molecule has 19 heavy (non-hydrogen) atoms. The Morgan fingerprint density at radius 3 is 2.37 bits per heavy atom. The van der Waals surface area contributed by atoms with Crippen LogP contribution in [-0.2, 0) is 17.6 Å². The van der Waals surface area contributed by atoms with Gasteiger partial charge in [0.15, 0.2) is 0 Å². The van der Waals surface area contributed by atoms with E-state index in [9.17, 15) is 0 Å². The van der Waals surface area contributed by atoms with Crippen molar-refractivity contribution in [2.75, 3.05) is 26.8 Å². The van der Waals surface area contributed by atoms with E-state index in [0.717, 1.165) is 43.1 Å². The number of rotatable bonds is 8. The van der Waals surface area contributed by atoms with E-state index >= 15 is 0 Å². The fraction of sp³-hybridized carbons (Fsp3) is 0.733. The molecule has 1 N–H and O–H groups in total. The van der Waals surface area contributed by atoms with Crippen molar-refractivity contribution in [3.8, 4) is 0 Å². The van der Waals surface area contributed by atoms with Gasteiger partial charge in [0.25, 0.3) is 0 Å². The molecule has 0 aliphatic heterocycles. The zero-order valence-electron chi connectivity index (χ0n) is 12.9. The number of ether oxygens (including phenoxy) is 1. The van der Waals surface area contributed by atoms with Crippen LogP contribution in [-0.4, -0.2) is 36.8 Å². The predicted molar refractivity (Wildman–Crippen MR) is 78.5 cm³/mol. The summed E-state index contributed by atoms with van der Waals surface area (Å²) in [4.78, 5) is 9.19. The summed E-state index contributed by atoms with van der Waals surface area (Å²) < 4.78 is 5.08. The predicted octanol–water partition coefficient (Wildman–Crippen LogP) is 2.07. The van der Waals surface area contributed by atoms with Gasteiger partial charge in [0.1, 0.15) is 5.82 Å². The number of aryl methyl sites for hydroxylation is 2. The van der Waals surface area contributed by atoms with Crippen molar-refractivity contribution in [2.24, 2.45) is 5.92 Å². The first kappa shape index (κ1) is 16.1. The maximum absolute atomic E-state index is 5.08. The largest absolute Gasteiger partial charge is 0.384 e. The second kappa shape index (κ2) is 8.23. The van der Waals surface area contributed by atoms with Gasteiger partial charge in [-0.15, -0.1) is 0 Å². The number of nitrogens with one attached hydrogen (secondary N) is 1. The molecule has 0 saturated carbocycles. The van der Waals surface area contributed by atoms with Crippen LogP contribution in [0.5, 0.6) is 0 Å². The van der Waals surface area contributed by atoms with E-state index in [1.165, 1.54) is 5.56 Å². The van der Waals surface area contributed by atoms with Crippen LogP contribution < -0.4 is 5.32 Å². The molecule has 0 aromatic carbocycles. The first-order valence-corrected chi connectivity index (χ1v) is 7.11. The molecule has 0 fully saturated rings. The highest BCUT2D eigenvalue weighted by Crippen LogP contribution is 2.15. The minimum Gasteiger partial charge on any atom is -0.384 e. The summed E-state index contributed by atoms with van der Waals surface area (Å²) in [5.41, 5.74) is 3.52. The first-order chi connectivity index (χ1) is 9.08. The lowest BCUT2D eigenvalue weighted by Crippen LogP contribution is -2.23. The van der Waals surface area contributed by atoms with Crippen LogP contribution in [0, 0.1) is 19.8 Å². The molecule has 1 unspecified atom stereocenters. The number of hydrogen-bond donors (Lipinski definition) is 1. The lowest BCUT2D eigenvalue weighted by Gasteiger charge is -2.15. The van der Waals surface area contributed by atoms with Crippen molar-refractivity contribution in [1.82, 2.24) is 15.3 Å². The summed E-state index contributed by atoms with van der Waals surface area (Å²) in [5.74, 6) is 1.49. The van der Waals surface area contributed by atoms with Crippen LogP contribution in [0.4, 0.5) is 0 Å². The van der Waals surface area contributed by atoms with Gasteiger partial charge in [-0.25, -0.2) is 9.97 Å². The van der Waals surface area contributed by atoms with Gasteiger partial charge in [0, 0.05) is 24.9 Å². The Bertz CT molecular complexity index is 370. The summed E-state index contributed by atoms with van der Waals surface area (Å²) in [6.45, 7) is 11.3. The first-order valence-electron chi connectivity index (χ1n) is 7.11. The molecule has 0 spiro atoms. The van der Waals surface area contributed by atoms with E-state index in [1.54, 1.807) is 7.11 Å². The van der Waals surface area contributed by atoms with E-state index in [1.807, 2.05) is 0 Å². The van der Waals surface area contributed by atoms with Gasteiger partial charge in [0.05, 0.1) is 6.61 Å². The van der Waals surface area contributed by atoms with Gasteiger partial charge in [0.2, 0.25) is 0 Å². The highest BCUT2D eigenvalue weighted by atomic mass is 16.5. The van der Waals surface area contributed by atoms with Gasteiger partial charge in [-0.2, -0.15) is 0 Å². The Morgan fingerprint density at radius 2 is 1.84 bits per heavy atom. The Morgan fingerprint density at radius 1 is 1.21 bits per heavy atom. The average Bonchev–Trinajstić information content (AvgIpc) is 2.38. The normalized spacial score (nSPS) is 12.7. The molecule has 0 aliphatic rings. The van der Waals surface area contributed by atoms with E-state index in [0.29, 0.717) is 12.5 Å². The molecule has 0 amide bonds. The molecule has 1 atom stereocenters. The Hall–Kier alpha value is -1.00. The van der Waals surface area contributed by atoms with Crippen LogP contribution in [0.3, 0.4) is 0 Å². The van der Waals surface area contributed by atoms with Crippen LogP contribution in [0.1, 0.15) is 36.6 Å². The fourth-order valence-electron chi connectivity index (χ4n) is 2.22. The number of hydrogen-bond acceptors (Lipinski definition) is 4. The van der Waals surface area contributed by atoms with Gasteiger partial charge >= 0.3 is 0 Å². The molecule has 1 aromatic heterocycles.